The number of likely N-dealkylation sites (tertiary alicyclic amines) is 1. The van der Waals surface area contributed by atoms with Crippen LogP contribution in [0.2, 0.25) is 0 Å². The summed E-state index contributed by atoms with van der Waals surface area (Å²) in [6.45, 7) is 6.93. The predicted octanol–water partition coefficient (Wildman–Crippen LogP) is 1.81. The van der Waals surface area contributed by atoms with Crippen molar-refractivity contribution in [2.75, 3.05) is 26.2 Å². The first kappa shape index (κ1) is 18.0. The van der Waals surface area contributed by atoms with Gasteiger partial charge >= 0.3 is 0 Å². The number of nitrogens with one attached hydrogen (secondary N) is 1. The van der Waals surface area contributed by atoms with E-state index in [4.69, 9.17) is 4.74 Å². The van der Waals surface area contributed by atoms with E-state index in [-0.39, 0.29) is 17.4 Å². The molecule has 1 aromatic heterocycles. The van der Waals surface area contributed by atoms with Crippen LogP contribution in [0.1, 0.15) is 43.6 Å². The molecule has 0 bridgehead atoms. The molecule has 1 atom stereocenters. The van der Waals surface area contributed by atoms with Crippen LogP contribution in [0.25, 0.3) is 0 Å². The second kappa shape index (κ2) is 7.20. The third-order valence-corrected chi connectivity index (χ3v) is 5.41. The zero-order chi connectivity index (χ0) is 18.0. The van der Waals surface area contributed by atoms with E-state index in [0.29, 0.717) is 43.6 Å². The van der Waals surface area contributed by atoms with Gasteiger partial charge in [0.25, 0.3) is 5.91 Å². The molecule has 3 heterocycles. The highest BCUT2D eigenvalue weighted by atomic mass is 16.5. The molecule has 25 heavy (non-hydrogen) atoms. The van der Waals surface area contributed by atoms with Crippen molar-refractivity contribution in [2.45, 2.75) is 38.7 Å². The predicted molar refractivity (Wildman–Crippen MR) is 95.2 cm³/mol. The summed E-state index contributed by atoms with van der Waals surface area (Å²) in [6, 6.07) is 3.69. The van der Waals surface area contributed by atoms with Gasteiger partial charge in [-0.05, 0) is 36.8 Å². The number of nitrogens with zero attached hydrogens (tertiary/aromatic N) is 2. The maximum Gasteiger partial charge on any atom is 0.267 e. The summed E-state index contributed by atoms with van der Waals surface area (Å²) in [5.74, 6) is 0.982. The average molecular weight is 347 g/mol. The quantitative estimate of drug-likeness (QED) is 0.854. The van der Waals surface area contributed by atoms with Crippen LogP contribution in [0.5, 0.6) is 0 Å². The van der Waals surface area contributed by atoms with Crippen molar-refractivity contribution in [3.63, 3.8) is 0 Å². The molecule has 0 radical (unpaired) electrons. The van der Waals surface area contributed by atoms with Gasteiger partial charge < -0.3 is 19.5 Å². The number of carbonyl (C=O) groups is 2. The molecule has 0 aromatic carbocycles. The topological polar surface area (TPSA) is 63.6 Å². The maximum atomic E-state index is 12.2. The van der Waals surface area contributed by atoms with Crippen molar-refractivity contribution in [1.82, 2.24) is 14.8 Å². The Morgan fingerprint density at radius 3 is 2.80 bits per heavy atom. The smallest absolute Gasteiger partial charge is 0.267 e. The molecule has 3 rings (SSSR count). The fourth-order valence-electron chi connectivity index (χ4n) is 3.94. The summed E-state index contributed by atoms with van der Waals surface area (Å²) in [7, 11) is 1.87. The Balaban J connectivity index is 1.46. The number of rotatable bonds is 6. The van der Waals surface area contributed by atoms with E-state index >= 15 is 0 Å². The SMILES string of the molecule is CC(C)CC(=O)N1CC2(C1)OCC[C@H]2CCNC(=O)c1cccn1C. The van der Waals surface area contributed by atoms with Crippen LogP contribution in [0, 0.1) is 11.8 Å². The molecule has 2 saturated heterocycles. The van der Waals surface area contributed by atoms with Crippen LogP contribution < -0.4 is 5.32 Å². The second-order valence-corrected chi connectivity index (χ2v) is 7.80. The molecule has 2 aliphatic heterocycles. The van der Waals surface area contributed by atoms with E-state index in [1.54, 1.807) is 0 Å². The van der Waals surface area contributed by atoms with Gasteiger partial charge in [-0.15, -0.1) is 0 Å². The Kier molecular flexibility index (Phi) is 5.18. The van der Waals surface area contributed by atoms with Gasteiger partial charge in [0.2, 0.25) is 5.91 Å². The minimum Gasteiger partial charge on any atom is -0.371 e. The number of ether oxygens (including phenoxy) is 1. The van der Waals surface area contributed by atoms with Gasteiger partial charge in [0.15, 0.2) is 0 Å². The Morgan fingerprint density at radius 1 is 1.40 bits per heavy atom. The number of amides is 2. The normalized spacial score (nSPS) is 21.6. The summed E-state index contributed by atoms with van der Waals surface area (Å²) in [5.41, 5.74) is 0.494. The number of hydrogen-bond acceptors (Lipinski definition) is 3. The van der Waals surface area contributed by atoms with Crippen LogP contribution in [-0.4, -0.2) is 53.1 Å². The molecule has 2 amide bonds. The Bertz CT molecular complexity index is 632. The second-order valence-electron chi connectivity index (χ2n) is 7.80. The van der Waals surface area contributed by atoms with Crippen molar-refractivity contribution in [2.24, 2.45) is 18.9 Å². The molecular weight excluding hydrogens is 318 g/mol. The fraction of sp³-hybridized carbons (Fsp3) is 0.684. The van der Waals surface area contributed by atoms with Crippen molar-refractivity contribution >= 4 is 11.8 Å². The first-order valence-corrected chi connectivity index (χ1v) is 9.22. The van der Waals surface area contributed by atoms with Gasteiger partial charge in [-0.25, -0.2) is 0 Å². The van der Waals surface area contributed by atoms with E-state index in [0.717, 1.165) is 19.4 Å². The van der Waals surface area contributed by atoms with E-state index < -0.39 is 0 Å². The Morgan fingerprint density at radius 2 is 2.16 bits per heavy atom. The van der Waals surface area contributed by atoms with Gasteiger partial charge in [-0.3, -0.25) is 9.59 Å². The van der Waals surface area contributed by atoms with Crippen LogP contribution in [0.15, 0.2) is 18.3 Å². The molecular formula is C19H29N3O3. The molecule has 0 unspecified atom stereocenters. The molecule has 1 aromatic rings. The number of carbonyl (C=O) groups excluding carboxylic acids is 2. The number of aryl methyl sites for hydroxylation is 1. The lowest BCUT2D eigenvalue weighted by molar-refractivity contribution is -0.166. The lowest BCUT2D eigenvalue weighted by Gasteiger charge is -2.50. The largest absolute Gasteiger partial charge is 0.371 e. The highest BCUT2D eigenvalue weighted by Gasteiger charge is 2.53. The van der Waals surface area contributed by atoms with Crippen molar-refractivity contribution < 1.29 is 14.3 Å². The van der Waals surface area contributed by atoms with Crippen molar-refractivity contribution in [3.8, 4) is 0 Å². The first-order chi connectivity index (χ1) is 11.9. The van der Waals surface area contributed by atoms with Gasteiger partial charge in [0.05, 0.1) is 13.1 Å². The van der Waals surface area contributed by atoms with Gasteiger partial charge in [0, 0.05) is 32.8 Å². The minimum absolute atomic E-state index is 0.0391. The van der Waals surface area contributed by atoms with Crippen molar-refractivity contribution in [3.05, 3.63) is 24.0 Å². The fourth-order valence-corrected chi connectivity index (χ4v) is 3.94. The third-order valence-electron chi connectivity index (χ3n) is 5.41. The highest BCUT2D eigenvalue weighted by molar-refractivity contribution is 5.92. The number of hydrogen-bond donors (Lipinski definition) is 1. The van der Waals surface area contributed by atoms with Crippen LogP contribution in [0.3, 0.4) is 0 Å². The Hall–Kier alpha value is -1.82. The van der Waals surface area contributed by atoms with Crippen LogP contribution >= 0.6 is 0 Å². The molecule has 2 aliphatic rings. The molecule has 2 fully saturated rings. The zero-order valence-electron chi connectivity index (χ0n) is 15.5. The van der Waals surface area contributed by atoms with Crippen LogP contribution in [-0.2, 0) is 16.6 Å². The number of aromatic nitrogens is 1. The van der Waals surface area contributed by atoms with Crippen molar-refractivity contribution in [1.29, 1.82) is 0 Å². The molecule has 1 N–H and O–H groups in total. The van der Waals surface area contributed by atoms with E-state index in [2.05, 4.69) is 19.2 Å². The van der Waals surface area contributed by atoms with Gasteiger partial charge in [-0.1, -0.05) is 13.8 Å². The van der Waals surface area contributed by atoms with E-state index in [9.17, 15) is 9.59 Å². The Labute approximate surface area is 149 Å². The summed E-state index contributed by atoms with van der Waals surface area (Å²) >= 11 is 0. The average Bonchev–Trinajstić information content (AvgIpc) is 3.11. The van der Waals surface area contributed by atoms with Crippen LogP contribution in [0.4, 0.5) is 0 Å². The molecule has 1 spiro atoms. The van der Waals surface area contributed by atoms with Gasteiger partial charge in [0.1, 0.15) is 11.3 Å². The molecule has 0 aliphatic carbocycles. The molecule has 6 nitrogen and oxygen atoms in total. The highest BCUT2D eigenvalue weighted by Crippen LogP contribution is 2.41. The standard InChI is InChI=1S/C19H29N3O3/c1-14(2)11-17(23)22-12-19(13-22)15(7-10-25-19)6-8-20-18(24)16-5-4-9-21(16)3/h4-5,9,14-15H,6-8,10-13H2,1-3H3,(H,20,24)/t15-/m1/s1. The summed E-state index contributed by atoms with van der Waals surface area (Å²) in [5, 5.41) is 3.00. The molecule has 6 heteroatoms. The summed E-state index contributed by atoms with van der Waals surface area (Å²) in [4.78, 5) is 26.3. The molecule has 0 saturated carbocycles. The zero-order valence-corrected chi connectivity index (χ0v) is 15.5. The summed E-state index contributed by atoms with van der Waals surface area (Å²) in [6.07, 6.45) is 4.37. The molecule has 138 valence electrons. The van der Waals surface area contributed by atoms with E-state index in [1.807, 2.05) is 34.8 Å². The first-order valence-electron chi connectivity index (χ1n) is 9.22. The monoisotopic (exact) mass is 347 g/mol. The summed E-state index contributed by atoms with van der Waals surface area (Å²) < 4.78 is 7.83. The maximum absolute atomic E-state index is 12.2. The van der Waals surface area contributed by atoms with E-state index in [1.165, 1.54) is 0 Å². The lowest BCUT2D eigenvalue weighted by Crippen LogP contribution is -2.66. The third kappa shape index (κ3) is 3.73. The van der Waals surface area contributed by atoms with Gasteiger partial charge in [-0.2, -0.15) is 0 Å². The lowest BCUT2D eigenvalue weighted by atomic mass is 9.78. The minimum atomic E-state index is -0.178.